The molecule has 0 unspecified atom stereocenters. The summed E-state index contributed by atoms with van der Waals surface area (Å²) >= 11 is 14.3. The lowest BCUT2D eigenvalue weighted by molar-refractivity contribution is 0.259. The number of nitrogens with zero attached hydrogens (tertiary/aromatic N) is 1. The van der Waals surface area contributed by atoms with Gasteiger partial charge in [0.2, 0.25) is 0 Å². The number of ether oxygens (including phenoxy) is 1. The summed E-state index contributed by atoms with van der Waals surface area (Å²) in [4.78, 5) is 4.43. The molecule has 0 fully saturated rings. The van der Waals surface area contributed by atoms with Crippen molar-refractivity contribution in [1.29, 1.82) is 0 Å². The third-order valence-electron chi connectivity index (χ3n) is 4.82. The standard InChI is InChI=1S/C25H34Cl2N2OS/c1-24(2,3)16-25(4,5)29-23(31-15-17-8-11-19(30-7)12-9-17)22(28-6)18-10-13-20(26)21(27)14-18/h8-9,11-12,14,29H,6,10,13,15-16H2,1-5,7H3/b23-22-. The molecule has 0 aromatic heterocycles. The second-order valence-electron chi connectivity index (χ2n) is 9.64. The summed E-state index contributed by atoms with van der Waals surface area (Å²) in [5, 5.41) is 6.05. The molecule has 1 aromatic carbocycles. The van der Waals surface area contributed by atoms with Crippen molar-refractivity contribution in [2.45, 2.75) is 65.2 Å². The minimum atomic E-state index is -0.122. The molecular formula is C25H34Cl2N2OS. The number of halogens is 2. The molecule has 170 valence electrons. The van der Waals surface area contributed by atoms with Crippen LogP contribution in [0.5, 0.6) is 5.75 Å². The van der Waals surface area contributed by atoms with Crippen LogP contribution < -0.4 is 10.1 Å². The van der Waals surface area contributed by atoms with Gasteiger partial charge in [0, 0.05) is 16.3 Å². The van der Waals surface area contributed by atoms with E-state index in [2.05, 4.69) is 63.8 Å². The minimum absolute atomic E-state index is 0.122. The molecule has 1 aliphatic carbocycles. The Bertz CT molecular complexity index is 878. The van der Waals surface area contributed by atoms with Crippen LogP contribution >= 0.6 is 35.0 Å². The van der Waals surface area contributed by atoms with Crippen LogP contribution in [0.15, 0.2) is 61.7 Å². The maximum atomic E-state index is 6.34. The van der Waals surface area contributed by atoms with Crippen molar-refractivity contribution in [3.05, 3.63) is 62.3 Å². The van der Waals surface area contributed by atoms with Gasteiger partial charge in [0.1, 0.15) is 5.75 Å². The van der Waals surface area contributed by atoms with E-state index in [4.69, 9.17) is 27.9 Å². The first-order chi connectivity index (χ1) is 14.4. The van der Waals surface area contributed by atoms with Gasteiger partial charge in [0.15, 0.2) is 0 Å². The predicted molar refractivity (Wildman–Crippen MR) is 138 cm³/mol. The first kappa shape index (κ1) is 25.9. The zero-order valence-corrected chi connectivity index (χ0v) is 21.8. The molecule has 0 saturated heterocycles. The number of hydrogen-bond acceptors (Lipinski definition) is 4. The summed E-state index contributed by atoms with van der Waals surface area (Å²) in [5.41, 5.74) is 3.18. The van der Waals surface area contributed by atoms with Crippen LogP contribution in [0, 0.1) is 5.41 Å². The Morgan fingerprint density at radius 2 is 1.77 bits per heavy atom. The Hall–Kier alpha value is -1.36. The van der Waals surface area contributed by atoms with Crippen LogP contribution in [0.4, 0.5) is 0 Å². The smallest absolute Gasteiger partial charge is 0.118 e. The fourth-order valence-electron chi connectivity index (χ4n) is 3.89. The van der Waals surface area contributed by atoms with Crippen molar-refractivity contribution in [3.8, 4) is 5.75 Å². The Labute approximate surface area is 202 Å². The molecule has 0 bridgehead atoms. The highest BCUT2D eigenvalue weighted by Gasteiger charge is 2.28. The summed E-state index contributed by atoms with van der Waals surface area (Å²) < 4.78 is 5.27. The predicted octanol–water partition coefficient (Wildman–Crippen LogP) is 8.01. The average Bonchev–Trinajstić information content (AvgIpc) is 2.67. The van der Waals surface area contributed by atoms with Gasteiger partial charge in [-0.1, -0.05) is 56.1 Å². The van der Waals surface area contributed by atoms with E-state index in [9.17, 15) is 0 Å². The molecule has 0 atom stereocenters. The molecule has 1 aromatic rings. The van der Waals surface area contributed by atoms with E-state index in [0.29, 0.717) is 16.5 Å². The summed E-state index contributed by atoms with van der Waals surface area (Å²) in [7, 11) is 1.68. The van der Waals surface area contributed by atoms with Crippen molar-refractivity contribution < 1.29 is 4.74 Å². The van der Waals surface area contributed by atoms with Crippen molar-refractivity contribution in [2.75, 3.05) is 7.11 Å². The van der Waals surface area contributed by atoms with E-state index in [1.807, 2.05) is 18.2 Å². The van der Waals surface area contributed by atoms with Crippen LogP contribution in [0.1, 0.15) is 59.4 Å². The summed E-state index contributed by atoms with van der Waals surface area (Å²) in [6, 6.07) is 8.15. The van der Waals surface area contributed by atoms with E-state index in [1.54, 1.807) is 18.9 Å². The van der Waals surface area contributed by atoms with Crippen LogP contribution in [-0.2, 0) is 5.75 Å². The number of aliphatic imine (C=N–C) groups is 1. The molecule has 6 heteroatoms. The van der Waals surface area contributed by atoms with Gasteiger partial charge in [0.25, 0.3) is 0 Å². The van der Waals surface area contributed by atoms with Gasteiger partial charge in [-0.05, 0) is 74.6 Å². The summed E-state index contributed by atoms with van der Waals surface area (Å²) in [6.07, 6.45) is 4.43. The van der Waals surface area contributed by atoms with Crippen molar-refractivity contribution in [1.82, 2.24) is 5.32 Å². The molecule has 0 amide bonds. The van der Waals surface area contributed by atoms with E-state index in [1.165, 1.54) is 5.56 Å². The largest absolute Gasteiger partial charge is 0.497 e. The minimum Gasteiger partial charge on any atom is -0.497 e. The van der Waals surface area contributed by atoms with Crippen molar-refractivity contribution in [3.63, 3.8) is 0 Å². The monoisotopic (exact) mass is 480 g/mol. The third-order valence-corrected chi connectivity index (χ3v) is 6.71. The highest BCUT2D eigenvalue weighted by molar-refractivity contribution is 8.02. The van der Waals surface area contributed by atoms with Gasteiger partial charge in [-0.25, -0.2) is 0 Å². The first-order valence-electron chi connectivity index (χ1n) is 10.4. The number of benzene rings is 1. The highest BCUT2D eigenvalue weighted by atomic mass is 35.5. The second kappa shape index (κ2) is 11.0. The van der Waals surface area contributed by atoms with Gasteiger partial charge in [-0.15, -0.1) is 11.8 Å². The number of nitrogens with one attached hydrogen (secondary N) is 1. The average molecular weight is 482 g/mol. The number of allylic oxidation sites excluding steroid dienone is 4. The van der Waals surface area contributed by atoms with E-state index >= 15 is 0 Å². The lowest BCUT2D eigenvalue weighted by atomic mass is 9.82. The SMILES string of the molecule is C=N/C(C1=CC(Cl)=C(Cl)CC1)=C(/NC(C)(C)CC(C)(C)C)SCc1ccc(OC)cc1. The van der Waals surface area contributed by atoms with Gasteiger partial charge < -0.3 is 10.1 Å². The zero-order chi connectivity index (χ0) is 23.2. The lowest BCUT2D eigenvalue weighted by Gasteiger charge is -2.35. The number of rotatable bonds is 9. The van der Waals surface area contributed by atoms with Crippen LogP contribution in [0.3, 0.4) is 0 Å². The maximum Gasteiger partial charge on any atom is 0.118 e. The normalized spacial score (nSPS) is 15.9. The zero-order valence-electron chi connectivity index (χ0n) is 19.4. The highest BCUT2D eigenvalue weighted by Crippen LogP contribution is 2.37. The Morgan fingerprint density at radius 3 is 2.29 bits per heavy atom. The van der Waals surface area contributed by atoms with Crippen LogP contribution in [0.25, 0.3) is 0 Å². The molecule has 3 nitrogen and oxygen atoms in total. The third kappa shape index (κ3) is 8.25. The van der Waals surface area contributed by atoms with E-state index in [0.717, 1.165) is 40.6 Å². The fraction of sp³-hybridized carbons (Fsp3) is 0.480. The lowest BCUT2D eigenvalue weighted by Crippen LogP contribution is -2.41. The molecule has 0 spiro atoms. The van der Waals surface area contributed by atoms with Gasteiger partial charge in [0.05, 0.1) is 22.9 Å². The van der Waals surface area contributed by atoms with Crippen LogP contribution in [-0.4, -0.2) is 19.4 Å². The van der Waals surface area contributed by atoms with Crippen molar-refractivity contribution >= 4 is 41.7 Å². The molecule has 1 N–H and O–H groups in total. The first-order valence-corrected chi connectivity index (χ1v) is 12.2. The number of hydrogen-bond donors (Lipinski definition) is 1. The molecule has 0 aliphatic heterocycles. The van der Waals surface area contributed by atoms with Crippen LogP contribution in [0.2, 0.25) is 0 Å². The topological polar surface area (TPSA) is 33.6 Å². The molecule has 1 aliphatic rings. The molecular weight excluding hydrogens is 447 g/mol. The second-order valence-corrected chi connectivity index (χ2v) is 11.5. The Morgan fingerprint density at radius 1 is 1.13 bits per heavy atom. The molecule has 2 rings (SSSR count). The van der Waals surface area contributed by atoms with Crippen molar-refractivity contribution in [2.24, 2.45) is 10.4 Å². The number of thioether (sulfide) groups is 1. The van der Waals surface area contributed by atoms with Gasteiger partial charge >= 0.3 is 0 Å². The fourth-order valence-corrected chi connectivity index (χ4v) is 5.45. The molecule has 31 heavy (non-hydrogen) atoms. The molecule has 0 saturated carbocycles. The Balaban J connectivity index is 2.38. The maximum absolute atomic E-state index is 6.34. The summed E-state index contributed by atoms with van der Waals surface area (Å²) in [5.74, 6) is 1.65. The van der Waals surface area contributed by atoms with E-state index in [-0.39, 0.29) is 11.0 Å². The number of methoxy groups -OCH3 is 1. The van der Waals surface area contributed by atoms with Gasteiger partial charge in [-0.2, -0.15) is 0 Å². The quantitative estimate of drug-likeness (QED) is 0.363. The summed E-state index contributed by atoms with van der Waals surface area (Å²) in [6.45, 7) is 15.1. The molecule has 0 radical (unpaired) electrons. The van der Waals surface area contributed by atoms with E-state index < -0.39 is 0 Å². The Kier molecular flexibility index (Phi) is 9.17. The van der Waals surface area contributed by atoms with Gasteiger partial charge in [-0.3, -0.25) is 4.99 Å². The molecule has 0 heterocycles.